The van der Waals surface area contributed by atoms with Gasteiger partial charge in [0.25, 0.3) is 0 Å². The molecule has 0 atom stereocenters. The molecule has 0 aliphatic heterocycles. The summed E-state index contributed by atoms with van der Waals surface area (Å²) in [6.07, 6.45) is 8.63. The van der Waals surface area contributed by atoms with Gasteiger partial charge in [-0.3, -0.25) is 6.08 Å². The molecule has 135 valence electrons. The normalized spacial score (nSPS) is 11.6. The average molecular weight is 404 g/mol. The first-order valence-corrected chi connectivity index (χ1v) is 8.37. The van der Waals surface area contributed by atoms with Crippen molar-refractivity contribution >= 4 is 3.81 Å². The van der Waals surface area contributed by atoms with Gasteiger partial charge in [0.15, 0.2) is 0 Å². The summed E-state index contributed by atoms with van der Waals surface area (Å²) in [4.78, 5) is 0. The SMILES string of the molecule is CC(C)(C)C1=[C-]CC=C1.C[C](C)=[Ti+].Cc1cc(C)cc(O)c1.[Cl-].[Cl-]. The van der Waals surface area contributed by atoms with Crippen molar-refractivity contribution < 1.29 is 49.9 Å². The average Bonchev–Trinajstić information content (AvgIpc) is 2.78. The maximum atomic E-state index is 8.99. The van der Waals surface area contributed by atoms with Crippen LogP contribution in [0.15, 0.2) is 35.9 Å². The zero-order valence-corrected chi connectivity index (χ0v) is 18.9. The number of allylic oxidation sites excluding steroid dienone is 4. The summed E-state index contributed by atoms with van der Waals surface area (Å²) in [5.74, 6) is 0.354. The quantitative estimate of drug-likeness (QED) is 0.456. The van der Waals surface area contributed by atoms with Crippen molar-refractivity contribution in [2.45, 2.75) is 54.9 Å². The van der Waals surface area contributed by atoms with Gasteiger partial charge in [-0.2, -0.15) is 6.08 Å². The van der Waals surface area contributed by atoms with Crippen LogP contribution in [0.25, 0.3) is 0 Å². The molecule has 0 fully saturated rings. The van der Waals surface area contributed by atoms with Gasteiger partial charge >= 0.3 is 37.6 Å². The van der Waals surface area contributed by atoms with Gasteiger partial charge in [-0.05, 0) is 42.5 Å². The molecule has 1 aromatic rings. The molecule has 1 aliphatic carbocycles. The molecular formula is C20H29Cl2OTi-2. The molecule has 2 rings (SSSR count). The van der Waals surface area contributed by atoms with Gasteiger partial charge < -0.3 is 29.9 Å². The van der Waals surface area contributed by atoms with Gasteiger partial charge in [0.05, 0.1) is 0 Å². The van der Waals surface area contributed by atoms with Crippen LogP contribution in [0.2, 0.25) is 0 Å². The maximum absolute atomic E-state index is 8.99. The van der Waals surface area contributed by atoms with Crippen LogP contribution >= 0.6 is 0 Å². The molecule has 0 saturated heterocycles. The van der Waals surface area contributed by atoms with E-state index in [0.29, 0.717) is 11.2 Å². The smallest absolute Gasteiger partial charge is 0.116 e. The summed E-state index contributed by atoms with van der Waals surface area (Å²) < 4.78 is 1.42. The zero-order chi connectivity index (χ0) is 17.3. The van der Waals surface area contributed by atoms with Crippen LogP contribution in [0.4, 0.5) is 0 Å². The van der Waals surface area contributed by atoms with Crippen LogP contribution in [0.1, 0.15) is 52.2 Å². The number of rotatable bonds is 0. The molecular weight excluding hydrogens is 375 g/mol. The predicted molar refractivity (Wildman–Crippen MR) is 93.9 cm³/mol. The van der Waals surface area contributed by atoms with E-state index in [0.717, 1.165) is 17.5 Å². The minimum Gasteiger partial charge on any atom is -1.00 e. The molecule has 0 radical (unpaired) electrons. The summed E-state index contributed by atoms with van der Waals surface area (Å²) >= 11 is 2.08. The molecule has 1 N–H and O–H groups in total. The Hall–Kier alpha value is -0.336. The van der Waals surface area contributed by atoms with E-state index in [1.54, 1.807) is 12.1 Å². The Morgan fingerprint density at radius 3 is 1.67 bits per heavy atom. The number of hydrogen-bond donors (Lipinski definition) is 1. The van der Waals surface area contributed by atoms with Crippen LogP contribution in [-0.4, -0.2) is 8.92 Å². The van der Waals surface area contributed by atoms with E-state index >= 15 is 0 Å². The van der Waals surface area contributed by atoms with Crippen molar-refractivity contribution in [1.82, 2.24) is 0 Å². The summed E-state index contributed by atoms with van der Waals surface area (Å²) in [5, 5.41) is 8.99. The monoisotopic (exact) mass is 403 g/mol. The summed E-state index contributed by atoms with van der Waals surface area (Å²) in [7, 11) is 0. The van der Waals surface area contributed by atoms with Crippen molar-refractivity contribution in [2.75, 3.05) is 0 Å². The Kier molecular flexibility index (Phi) is 16.5. The predicted octanol–water partition coefficient (Wildman–Crippen LogP) is -0.516. The van der Waals surface area contributed by atoms with E-state index in [-0.39, 0.29) is 24.8 Å². The second-order valence-electron chi connectivity index (χ2n) is 6.79. The number of phenols is 1. The number of hydrogen-bond acceptors (Lipinski definition) is 1. The van der Waals surface area contributed by atoms with E-state index in [2.05, 4.69) is 72.8 Å². The van der Waals surface area contributed by atoms with Crippen molar-refractivity contribution in [1.29, 1.82) is 0 Å². The third kappa shape index (κ3) is 15.2. The van der Waals surface area contributed by atoms with E-state index in [1.165, 1.54) is 9.38 Å². The number of benzene rings is 1. The van der Waals surface area contributed by atoms with Crippen molar-refractivity contribution in [3.8, 4) is 5.75 Å². The molecule has 0 unspecified atom stereocenters. The first-order chi connectivity index (χ1) is 10.0. The van der Waals surface area contributed by atoms with E-state index in [4.69, 9.17) is 5.11 Å². The van der Waals surface area contributed by atoms with Crippen LogP contribution < -0.4 is 24.8 Å². The fraction of sp³-hybridized carbons (Fsp3) is 0.450. The fourth-order valence-corrected chi connectivity index (χ4v) is 1.87. The molecule has 0 heterocycles. The van der Waals surface area contributed by atoms with Crippen LogP contribution in [0, 0.1) is 25.3 Å². The third-order valence-corrected chi connectivity index (χ3v) is 2.71. The molecule has 0 spiro atoms. The molecule has 0 bridgehead atoms. The number of aromatic hydroxyl groups is 1. The molecule has 1 aliphatic rings. The topological polar surface area (TPSA) is 20.2 Å². The Labute approximate surface area is 172 Å². The second-order valence-corrected chi connectivity index (χ2v) is 8.35. The Morgan fingerprint density at radius 2 is 1.46 bits per heavy atom. The fourth-order valence-electron chi connectivity index (χ4n) is 1.87. The van der Waals surface area contributed by atoms with Crippen LogP contribution in [-0.2, 0) is 20.0 Å². The van der Waals surface area contributed by atoms with Gasteiger partial charge in [-0.1, -0.05) is 26.8 Å². The first kappa shape index (κ1) is 28.5. The van der Waals surface area contributed by atoms with Crippen molar-refractivity contribution in [2.24, 2.45) is 5.41 Å². The molecule has 4 heteroatoms. The van der Waals surface area contributed by atoms with Gasteiger partial charge in [0.1, 0.15) is 5.75 Å². The van der Waals surface area contributed by atoms with Gasteiger partial charge in [-0.15, -0.1) is 6.42 Å². The van der Waals surface area contributed by atoms with Gasteiger partial charge in [-0.25, -0.2) is 11.6 Å². The van der Waals surface area contributed by atoms with Gasteiger partial charge in [0, 0.05) is 0 Å². The molecule has 0 aromatic heterocycles. The second kappa shape index (κ2) is 13.9. The Balaban J connectivity index is -0.000000283. The summed E-state index contributed by atoms with van der Waals surface area (Å²) in [5.41, 5.74) is 3.86. The molecule has 1 nitrogen and oxygen atoms in total. The molecule has 1 aromatic carbocycles. The van der Waals surface area contributed by atoms with E-state index in [1.807, 2.05) is 19.9 Å². The van der Waals surface area contributed by atoms with Crippen molar-refractivity contribution in [3.63, 3.8) is 0 Å². The number of phenolic OH excluding ortho intramolecular Hbond substituents is 1. The van der Waals surface area contributed by atoms with Crippen LogP contribution in [0.5, 0.6) is 5.75 Å². The number of halogens is 2. The molecule has 0 saturated carbocycles. The minimum absolute atomic E-state index is 0. The third-order valence-electron chi connectivity index (χ3n) is 2.71. The standard InChI is InChI=1S/C9H13.C8H10O.C3H6.2ClH.Ti/c1-9(2,3)8-6-4-5-7-8;1-6-3-7(2)5-8(9)4-6;1-3-2;;;/h4,6H,5H2,1-3H3;3-5,9H,1-2H3;1-2H3;2*1H;/q-1;;;;;+1/p-2. The van der Waals surface area contributed by atoms with Gasteiger partial charge in [0.2, 0.25) is 0 Å². The summed E-state index contributed by atoms with van der Waals surface area (Å²) in [6, 6.07) is 5.51. The first-order valence-electron chi connectivity index (χ1n) is 7.59. The Bertz CT molecular complexity index is 501. The zero-order valence-electron chi connectivity index (χ0n) is 15.8. The van der Waals surface area contributed by atoms with E-state index in [9.17, 15) is 0 Å². The largest absolute Gasteiger partial charge is 1.00 e. The number of aryl methyl sites for hydroxylation is 2. The van der Waals surface area contributed by atoms with E-state index < -0.39 is 0 Å². The molecule has 24 heavy (non-hydrogen) atoms. The summed E-state index contributed by atoms with van der Waals surface area (Å²) in [6.45, 7) is 14.7. The molecule has 0 amide bonds. The Morgan fingerprint density at radius 1 is 1.04 bits per heavy atom. The minimum atomic E-state index is 0. The van der Waals surface area contributed by atoms with Crippen molar-refractivity contribution in [3.05, 3.63) is 53.1 Å². The maximum Gasteiger partial charge on any atom is 0.116 e. The van der Waals surface area contributed by atoms with Crippen LogP contribution in [0.3, 0.4) is 0 Å².